The van der Waals surface area contributed by atoms with Gasteiger partial charge in [-0.05, 0) is 71.0 Å². The molecule has 1 heterocycles. The summed E-state index contributed by atoms with van der Waals surface area (Å²) in [6, 6.07) is 9.24. The summed E-state index contributed by atoms with van der Waals surface area (Å²) in [5, 5.41) is 10.5. The van der Waals surface area contributed by atoms with Crippen molar-refractivity contribution >= 4 is 11.4 Å². The standard InChI is InChI=1S/C15H25N3/c1-15(2,3)18-14-6-4-12(5-7-14)17-13-8-10-16-11-9-13/h4-7,13,16-18H,8-11H2,1-3H3. The van der Waals surface area contributed by atoms with Crippen molar-refractivity contribution in [2.45, 2.75) is 45.2 Å². The van der Waals surface area contributed by atoms with E-state index in [0.717, 1.165) is 13.1 Å². The molecule has 0 aliphatic carbocycles. The van der Waals surface area contributed by atoms with Crippen LogP contribution >= 0.6 is 0 Å². The molecule has 1 fully saturated rings. The smallest absolute Gasteiger partial charge is 0.0345 e. The Morgan fingerprint density at radius 1 is 1.00 bits per heavy atom. The maximum Gasteiger partial charge on any atom is 0.0345 e. The van der Waals surface area contributed by atoms with Crippen molar-refractivity contribution in [3.8, 4) is 0 Å². The van der Waals surface area contributed by atoms with Crippen LogP contribution in [0.25, 0.3) is 0 Å². The van der Waals surface area contributed by atoms with Gasteiger partial charge in [0.1, 0.15) is 0 Å². The first-order valence-electron chi connectivity index (χ1n) is 6.88. The van der Waals surface area contributed by atoms with Gasteiger partial charge in [0.05, 0.1) is 0 Å². The number of hydrogen-bond donors (Lipinski definition) is 3. The van der Waals surface area contributed by atoms with Crippen LogP contribution in [0.4, 0.5) is 11.4 Å². The molecule has 0 amide bonds. The Morgan fingerprint density at radius 3 is 2.11 bits per heavy atom. The molecule has 100 valence electrons. The lowest BCUT2D eigenvalue weighted by molar-refractivity contribution is 0.479. The maximum atomic E-state index is 3.60. The summed E-state index contributed by atoms with van der Waals surface area (Å²) in [5.41, 5.74) is 2.52. The van der Waals surface area contributed by atoms with E-state index in [0.29, 0.717) is 6.04 Å². The normalized spacial score (nSPS) is 17.5. The number of anilines is 2. The lowest BCUT2D eigenvalue weighted by atomic mass is 10.1. The fourth-order valence-corrected chi connectivity index (χ4v) is 2.28. The molecule has 0 aromatic heterocycles. The molecule has 0 atom stereocenters. The summed E-state index contributed by atoms with van der Waals surface area (Å²) in [6.45, 7) is 8.78. The predicted molar refractivity (Wildman–Crippen MR) is 79.3 cm³/mol. The summed E-state index contributed by atoms with van der Waals surface area (Å²) < 4.78 is 0. The van der Waals surface area contributed by atoms with E-state index in [1.165, 1.54) is 24.2 Å². The molecule has 1 saturated heterocycles. The van der Waals surface area contributed by atoms with E-state index in [1.54, 1.807) is 0 Å². The van der Waals surface area contributed by atoms with Gasteiger partial charge in [-0.3, -0.25) is 0 Å². The van der Waals surface area contributed by atoms with E-state index in [4.69, 9.17) is 0 Å². The van der Waals surface area contributed by atoms with Crippen LogP contribution in [0.2, 0.25) is 0 Å². The highest BCUT2D eigenvalue weighted by molar-refractivity contribution is 5.54. The van der Waals surface area contributed by atoms with Crippen LogP contribution in [0.15, 0.2) is 24.3 Å². The van der Waals surface area contributed by atoms with Crippen molar-refractivity contribution in [3.05, 3.63) is 24.3 Å². The van der Waals surface area contributed by atoms with Crippen molar-refractivity contribution in [2.24, 2.45) is 0 Å². The number of piperidine rings is 1. The molecule has 0 spiro atoms. The molecule has 0 unspecified atom stereocenters. The summed E-state index contributed by atoms with van der Waals surface area (Å²) in [4.78, 5) is 0. The molecule has 3 heteroatoms. The largest absolute Gasteiger partial charge is 0.382 e. The van der Waals surface area contributed by atoms with Gasteiger partial charge < -0.3 is 16.0 Å². The van der Waals surface area contributed by atoms with Gasteiger partial charge in [-0.15, -0.1) is 0 Å². The van der Waals surface area contributed by atoms with Crippen LogP contribution in [0, 0.1) is 0 Å². The number of hydrogen-bond acceptors (Lipinski definition) is 3. The molecule has 0 bridgehead atoms. The van der Waals surface area contributed by atoms with E-state index >= 15 is 0 Å². The Labute approximate surface area is 110 Å². The van der Waals surface area contributed by atoms with E-state index in [9.17, 15) is 0 Å². The highest BCUT2D eigenvalue weighted by Crippen LogP contribution is 2.19. The average molecular weight is 247 g/mol. The first-order valence-corrected chi connectivity index (χ1v) is 6.88. The van der Waals surface area contributed by atoms with E-state index in [2.05, 4.69) is 61.0 Å². The van der Waals surface area contributed by atoms with Crippen LogP contribution in [-0.4, -0.2) is 24.7 Å². The van der Waals surface area contributed by atoms with Gasteiger partial charge in [0.25, 0.3) is 0 Å². The number of rotatable bonds is 3. The number of nitrogens with one attached hydrogen (secondary N) is 3. The van der Waals surface area contributed by atoms with E-state index < -0.39 is 0 Å². The molecular weight excluding hydrogens is 222 g/mol. The van der Waals surface area contributed by atoms with Gasteiger partial charge in [-0.25, -0.2) is 0 Å². The summed E-state index contributed by atoms with van der Waals surface area (Å²) in [6.07, 6.45) is 2.42. The Hall–Kier alpha value is -1.22. The number of benzene rings is 1. The third-order valence-electron chi connectivity index (χ3n) is 3.11. The molecule has 1 aliphatic heterocycles. The van der Waals surface area contributed by atoms with Gasteiger partial charge in [-0.2, -0.15) is 0 Å². The summed E-state index contributed by atoms with van der Waals surface area (Å²) in [5.74, 6) is 0. The first-order chi connectivity index (χ1) is 8.53. The fraction of sp³-hybridized carbons (Fsp3) is 0.600. The molecule has 0 saturated carbocycles. The highest BCUT2D eigenvalue weighted by atomic mass is 15.0. The van der Waals surface area contributed by atoms with Crippen LogP contribution < -0.4 is 16.0 Å². The molecule has 2 rings (SSSR count). The van der Waals surface area contributed by atoms with Crippen LogP contribution in [0.5, 0.6) is 0 Å². The topological polar surface area (TPSA) is 36.1 Å². The molecule has 1 aliphatic rings. The van der Waals surface area contributed by atoms with Crippen molar-refractivity contribution in [1.82, 2.24) is 5.32 Å². The van der Waals surface area contributed by atoms with Gasteiger partial charge in [0.2, 0.25) is 0 Å². The molecule has 3 nitrogen and oxygen atoms in total. The second-order valence-electron chi connectivity index (χ2n) is 6.12. The lowest BCUT2D eigenvalue weighted by Gasteiger charge is -2.25. The average Bonchev–Trinajstić information content (AvgIpc) is 2.31. The predicted octanol–water partition coefficient (Wildman–Crippen LogP) is 3.06. The molecule has 1 aromatic rings. The minimum Gasteiger partial charge on any atom is -0.382 e. The van der Waals surface area contributed by atoms with Crippen LogP contribution in [0.3, 0.4) is 0 Å². The second kappa shape index (κ2) is 5.61. The van der Waals surface area contributed by atoms with Crippen molar-refractivity contribution in [2.75, 3.05) is 23.7 Å². The lowest BCUT2D eigenvalue weighted by Crippen LogP contribution is -2.35. The van der Waals surface area contributed by atoms with Crippen molar-refractivity contribution < 1.29 is 0 Å². The van der Waals surface area contributed by atoms with Gasteiger partial charge in [0, 0.05) is 23.0 Å². The van der Waals surface area contributed by atoms with Crippen molar-refractivity contribution in [1.29, 1.82) is 0 Å². The Morgan fingerprint density at radius 2 is 1.56 bits per heavy atom. The maximum absolute atomic E-state index is 3.60. The Bertz CT molecular complexity index is 358. The van der Waals surface area contributed by atoms with Gasteiger partial charge in [0.15, 0.2) is 0 Å². The summed E-state index contributed by atoms with van der Waals surface area (Å²) in [7, 11) is 0. The quantitative estimate of drug-likeness (QED) is 0.768. The monoisotopic (exact) mass is 247 g/mol. The fourth-order valence-electron chi connectivity index (χ4n) is 2.28. The molecule has 18 heavy (non-hydrogen) atoms. The SMILES string of the molecule is CC(C)(C)Nc1ccc(NC2CCNCC2)cc1. The first kappa shape index (κ1) is 13.2. The zero-order valence-corrected chi connectivity index (χ0v) is 11.7. The Kier molecular flexibility index (Phi) is 4.12. The zero-order valence-electron chi connectivity index (χ0n) is 11.7. The molecule has 1 aromatic carbocycles. The summed E-state index contributed by atoms with van der Waals surface area (Å²) >= 11 is 0. The van der Waals surface area contributed by atoms with E-state index in [-0.39, 0.29) is 5.54 Å². The minimum absolute atomic E-state index is 0.115. The third kappa shape index (κ3) is 4.22. The van der Waals surface area contributed by atoms with Crippen molar-refractivity contribution in [3.63, 3.8) is 0 Å². The highest BCUT2D eigenvalue weighted by Gasteiger charge is 2.12. The van der Waals surface area contributed by atoms with Gasteiger partial charge >= 0.3 is 0 Å². The minimum atomic E-state index is 0.115. The van der Waals surface area contributed by atoms with Gasteiger partial charge in [-0.1, -0.05) is 0 Å². The third-order valence-corrected chi connectivity index (χ3v) is 3.11. The Balaban J connectivity index is 1.90. The molecule has 3 N–H and O–H groups in total. The van der Waals surface area contributed by atoms with Crippen LogP contribution in [-0.2, 0) is 0 Å². The van der Waals surface area contributed by atoms with E-state index in [1.807, 2.05) is 0 Å². The molecular formula is C15H25N3. The molecule has 0 radical (unpaired) electrons. The second-order valence-corrected chi connectivity index (χ2v) is 6.12. The van der Waals surface area contributed by atoms with Crippen LogP contribution in [0.1, 0.15) is 33.6 Å². The zero-order chi connectivity index (χ0) is 13.0.